The number of methoxy groups -OCH3 is 1. The maximum absolute atomic E-state index is 11.3. The van der Waals surface area contributed by atoms with Crippen LogP contribution in [0, 0.1) is 4.91 Å². The van der Waals surface area contributed by atoms with Gasteiger partial charge in [-0.05, 0) is 0 Å². The molecule has 1 rings (SSSR count). The summed E-state index contributed by atoms with van der Waals surface area (Å²) in [6.45, 7) is -0.191. The van der Waals surface area contributed by atoms with E-state index in [9.17, 15) is 25.0 Å². The number of nitroso groups, excluding NO2 is 1. The van der Waals surface area contributed by atoms with Gasteiger partial charge in [0.1, 0.15) is 24.4 Å². The summed E-state index contributed by atoms with van der Waals surface area (Å²) in [7, 11) is 2.41. The molecule has 2 amide bonds. The van der Waals surface area contributed by atoms with Gasteiger partial charge in [-0.1, -0.05) is 0 Å². The predicted molar refractivity (Wildman–Crippen MR) is 60.6 cm³/mol. The van der Waals surface area contributed by atoms with Crippen LogP contribution in [0.25, 0.3) is 0 Å². The van der Waals surface area contributed by atoms with Crippen molar-refractivity contribution in [3.8, 4) is 0 Å². The number of carbonyl (C=O) groups excluding carboxylic acids is 1. The third kappa shape index (κ3) is 3.58. The van der Waals surface area contributed by atoms with Crippen LogP contribution in [0.1, 0.15) is 0 Å². The molecule has 1 aliphatic rings. The largest absolute Gasteiger partial charge is 0.388 e. The fourth-order valence-electron chi connectivity index (χ4n) is 1.62. The van der Waals surface area contributed by atoms with E-state index in [1.54, 1.807) is 0 Å². The highest BCUT2D eigenvalue weighted by Gasteiger charge is 2.43. The van der Waals surface area contributed by atoms with E-state index in [0.29, 0.717) is 5.01 Å². The minimum absolute atomic E-state index is 0.191. The Morgan fingerprint density at radius 3 is 2.53 bits per heavy atom. The lowest BCUT2D eigenvalue weighted by atomic mass is 9.99. The summed E-state index contributed by atoms with van der Waals surface area (Å²) in [5.41, 5.74) is 0. The molecule has 5 atom stereocenters. The second-order valence-corrected chi connectivity index (χ2v) is 4.04. The highest BCUT2D eigenvalue weighted by molar-refractivity contribution is 5.73. The molecular formula is C9H17N3O7. The molecule has 110 valence electrons. The molecule has 19 heavy (non-hydrogen) atoms. The Morgan fingerprint density at radius 1 is 1.37 bits per heavy atom. The van der Waals surface area contributed by atoms with E-state index in [1.807, 2.05) is 0 Å². The van der Waals surface area contributed by atoms with Crippen LogP contribution >= 0.6 is 0 Å². The summed E-state index contributed by atoms with van der Waals surface area (Å²) in [5, 5.41) is 34.0. The summed E-state index contributed by atoms with van der Waals surface area (Å²) in [6, 6.07) is -0.791. The number of nitrogens with one attached hydrogen (secondary N) is 1. The molecule has 10 nitrogen and oxygen atoms in total. The number of hydrogen-bond donors (Lipinski definition) is 4. The molecule has 10 heteroatoms. The number of aliphatic hydroxyl groups excluding tert-OH is 3. The average molecular weight is 279 g/mol. The minimum atomic E-state index is -1.47. The molecule has 1 heterocycles. The Kier molecular flexibility index (Phi) is 5.57. The number of ether oxygens (including phenoxy) is 2. The molecule has 0 aromatic heterocycles. The number of carbonyl (C=O) groups is 1. The molecule has 0 spiro atoms. The molecule has 0 saturated carbocycles. The lowest BCUT2D eigenvalue weighted by Crippen LogP contribution is -2.60. The van der Waals surface area contributed by atoms with E-state index in [0.717, 1.165) is 7.05 Å². The van der Waals surface area contributed by atoms with Gasteiger partial charge >= 0.3 is 6.03 Å². The van der Waals surface area contributed by atoms with Crippen LogP contribution in [-0.2, 0) is 9.47 Å². The SMILES string of the molecule is CO[C@@H]1O[C@H](CNC(=O)N(C)N=O)[C@H](O)[C@H](O)[C@@H]1O. The van der Waals surface area contributed by atoms with E-state index in [2.05, 4.69) is 10.6 Å². The van der Waals surface area contributed by atoms with Crippen molar-refractivity contribution in [3.05, 3.63) is 4.91 Å². The average Bonchev–Trinajstić information content (AvgIpc) is 2.42. The first-order valence-electron chi connectivity index (χ1n) is 5.49. The maximum Gasteiger partial charge on any atom is 0.340 e. The molecule has 1 aliphatic heterocycles. The number of urea groups is 1. The Hall–Kier alpha value is -1.33. The molecular weight excluding hydrogens is 262 g/mol. The van der Waals surface area contributed by atoms with E-state index in [4.69, 9.17) is 9.47 Å². The van der Waals surface area contributed by atoms with E-state index >= 15 is 0 Å². The van der Waals surface area contributed by atoms with Crippen LogP contribution in [0.2, 0.25) is 0 Å². The van der Waals surface area contributed by atoms with Gasteiger partial charge in [0.05, 0.1) is 5.29 Å². The smallest absolute Gasteiger partial charge is 0.340 e. The van der Waals surface area contributed by atoms with Gasteiger partial charge in [-0.15, -0.1) is 4.91 Å². The summed E-state index contributed by atoms with van der Waals surface area (Å²) >= 11 is 0. The van der Waals surface area contributed by atoms with Crippen LogP contribution in [-0.4, -0.2) is 77.8 Å². The van der Waals surface area contributed by atoms with Crippen molar-refractivity contribution < 1.29 is 29.6 Å². The van der Waals surface area contributed by atoms with Crippen LogP contribution in [0.5, 0.6) is 0 Å². The first kappa shape index (κ1) is 15.7. The van der Waals surface area contributed by atoms with Crippen molar-refractivity contribution in [1.29, 1.82) is 0 Å². The molecule has 0 unspecified atom stereocenters. The molecule has 4 N–H and O–H groups in total. The second-order valence-electron chi connectivity index (χ2n) is 4.04. The number of hydrogen-bond acceptors (Lipinski definition) is 8. The van der Waals surface area contributed by atoms with Crippen molar-refractivity contribution in [2.45, 2.75) is 30.7 Å². The van der Waals surface area contributed by atoms with Crippen LogP contribution in [0.15, 0.2) is 5.29 Å². The third-order valence-electron chi connectivity index (χ3n) is 2.77. The fraction of sp³-hybridized carbons (Fsp3) is 0.889. The highest BCUT2D eigenvalue weighted by atomic mass is 16.7. The summed E-state index contributed by atoms with van der Waals surface area (Å²) in [6.07, 6.45) is -6.39. The third-order valence-corrected chi connectivity index (χ3v) is 2.77. The Labute approximate surface area is 108 Å². The Morgan fingerprint density at radius 2 is 2.00 bits per heavy atom. The minimum Gasteiger partial charge on any atom is -0.388 e. The quantitative estimate of drug-likeness (QED) is 0.337. The highest BCUT2D eigenvalue weighted by Crippen LogP contribution is 2.21. The van der Waals surface area contributed by atoms with Gasteiger partial charge in [0, 0.05) is 20.7 Å². The van der Waals surface area contributed by atoms with E-state index < -0.39 is 36.7 Å². The summed E-state index contributed by atoms with van der Waals surface area (Å²) in [5.74, 6) is 0. The summed E-state index contributed by atoms with van der Waals surface area (Å²) in [4.78, 5) is 21.4. The Balaban J connectivity index is 2.57. The number of nitrogens with zero attached hydrogens (tertiary/aromatic N) is 2. The van der Waals surface area contributed by atoms with Crippen LogP contribution in [0.4, 0.5) is 4.79 Å². The number of aliphatic hydroxyl groups is 3. The predicted octanol–water partition coefficient (Wildman–Crippen LogP) is -2.24. The molecule has 1 saturated heterocycles. The van der Waals surface area contributed by atoms with Crippen LogP contribution < -0.4 is 5.32 Å². The number of amides is 2. The van der Waals surface area contributed by atoms with Crippen LogP contribution in [0.3, 0.4) is 0 Å². The molecule has 0 radical (unpaired) electrons. The number of rotatable bonds is 4. The van der Waals surface area contributed by atoms with Gasteiger partial charge in [-0.3, -0.25) is 0 Å². The monoisotopic (exact) mass is 279 g/mol. The summed E-state index contributed by atoms with van der Waals surface area (Å²) < 4.78 is 9.96. The van der Waals surface area contributed by atoms with Crippen molar-refractivity contribution in [2.24, 2.45) is 5.29 Å². The van der Waals surface area contributed by atoms with Gasteiger partial charge in [-0.2, -0.15) is 5.01 Å². The topological polar surface area (TPSA) is 141 Å². The van der Waals surface area contributed by atoms with E-state index in [1.165, 1.54) is 7.11 Å². The van der Waals surface area contributed by atoms with Gasteiger partial charge in [0.15, 0.2) is 6.29 Å². The lowest BCUT2D eigenvalue weighted by molar-refractivity contribution is -0.288. The first-order chi connectivity index (χ1) is 8.92. The van der Waals surface area contributed by atoms with Crippen molar-refractivity contribution in [3.63, 3.8) is 0 Å². The maximum atomic E-state index is 11.3. The van der Waals surface area contributed by atoms with Crippen molar-refractivity contribution >= 4 is 6.03 Å². The normalized spacial score (nSPS) is 34.7. The fourth-order valence-corrected chi connectivity index (χ4v) is 1.62. The molecule has 0 aromatic carbocycles. The standard InChI is InChI=1S/C9H17N3O7/c1-12(11-17)9(16)10-3-4-5(13)6(14)7(15)8(18-2)19-4/h4-8,13-15H,3H2,1-2H3,(H,10,16)/t4-,5+,6+,7+,8-/m1/s1. The second kappa shape index (κ2) is 6.73. The van der Waals surface area contributed by atoms with Gasteiger partial charge in [0.2, 0.25) is 0 Å². The van der Waals surface area contributed by atoms with Crippen molar-refractivity contribution in [1.82, 2.24) is 10.3 Å². The zero-order valence-corrected chi connectivity index (χ0v) is 10.5. The van der Waals surface area contributed by atoms with Gasteiger partial charge < -0.3 is 30.1 Å². The molecule has 0 aliphatic carbocycles. The Bertz CT molecular complexity index is 327. The first-order valence-corrected chi connectivity index (χ1v) is 5.49. The van der Waals surface area contributed by atoms with E-state index in [-0.39, 0.29) is 6.54 Å². The zero-order valence-electron chi connectivity index (χ0n) is 10.5. The molecule has 0 bridgehead atoms. The van der Waals surface area contributed by atoms with Gasteiger partial charge in [0.25, 0.3) is 0 Å². The van der Waals surface area contributed by atoms with Crippen molar-refractivity contribution in [2.75, 3.05) is 20.7 Å². The van der Waals surface area contributed by atoms with Gasteiger partial charge in [-0.25, -0.2) is 4.79 Å². The zero-order chi connectivity index (χ0) is 14.6. The molecule has 0 aromatic rings. The molecule has 1 fully saturated rings. The lowest BCUT2D eigenvalue weighted by Gasteiger charge is -2.39.